The molecule has 3 aromatic heterocycles. The van der Waals surface area contributed by atoms with Crippen LogP contribution in [-0.2, 0) is 17.5 Å². The Balaban J connectivity index is 1.20. The van der Waals surface area contributed by atoms with Crippen LogP contribution < -0.4 is 9.80 Å². The smallest absolute Gasteiger partial charge is 0.378 e. The standard InChI is InChI=1S/C20H23F3N8O/c21-20(22,23)19-26-25-17-3-4-18(27-31(17)19)29-7-5-28(6-8-29)14-15-1-2-16(24-13-15)30-9-11-32-12-10-30/h1-4,13H,5-12,14H2. The minimum atomic E-state index is -4.60. The zero-order valence-electron chi connectivity index (χ0n) is 17.4. The van der Waals surface area contributed by atoms with Gasteiger partial charge in [-0.1, -0.05) is 6.07 Å². The molecule has 2 aliphatic rings. The minimum absolute atomic E-state index is 0.0766. The molecule has 2 saturated heterocycles. The molecule has 0 N–H and O–H groups in total. The highest BCUT2D eigenvalue weighted by Gasteiger charge is 2.37. The molecule has 170 valence electrons. The average molecular weight is 448 g/mol. The van der Waals surface area contributed by atoms with E-state index in [0.717, 1.165) is 61.8 Å². The van der Waals surface area contributed by atoms with Crippen molar-refractivity contribution in [2.75, 3.05) is 62.3 Å². The van der Waals surface area contributed by atoms with E-state index in [1.54, 1.807) is 6.07 Å². The van der Waals surface area contributed by atoms with Crippen LogP contribution in [0.1, 0.15) is 11.4 Å². The summed E-state index contributed by atoms with van der Waals surface area (Å²) in [6.45, 7) is 6.83. The summed E-state index contributed by atoms with van der Waals surface area (Å²) in [6, 6.07) is 7.35. The summed E-state index contributed by atoms with van der Waals surface area (Å²) < 4.78 is 45.5. The van der Waals surface area contributed by atoms with Crippen molar-refractivity contribution < 1.29 is 17.9 Å². The van der Waals surface area contributed by atoms with Crippen LogP contribution in [0.5, 0.6) is 0 Å². The van der Waals surface area contributed by atoms with E-state index < -0.39 is 12.0 Å². The first-order chi connectivity index (χ1) is 15.5. The number of hydrogen-bond donors (Lipinski definition) is 0. The molecule has 0 amide bonds. The van der Waals surface area contributed by atoms with Gasteiger partial charge in [0.25, 0.3) is 5.82 Å². The van der Waals surface area contributed by atoms with Crippen LogP contribution in [0.4, 0.5) is 24.8 Å². The van der Waals surface area contributed by atoms with Gasteiger partial charge in [0.15, 0.2) is 5.65 Å². The molecule has 5 rings (SSSR count). The van der Waals surface area contributed by atoms with Gasteiger partial charge < -0.3 is 14.5 Å². The first-order valence-electron chi connectivity index (χ1n) is 10.5. The normalized spacial score (nSPS) is 18.5. The van der Waals surface area contributed by atoms with Gasteiger partial charge in [0.05, 0.1) is 13.2 Å². The number of piperazine rings is 1. The molecular formula is C20H23F3N8O. The number of rotatable bonds is 4. The monoisotopic (exact) mass is 448 g/mol. The largest absolute Gasteiger partial charge is 0.453 e. The van der Waals surface area contributed by atoms with Crippen LogP contribution in [-0.4, -0.2) is 82.2 Å². The summed E-state index contributed by atoms with van der Waals surface area (Å²) in [5.41, 5.74) is 1.21. The van der Waals surface area contributed by atoms with Gasteiger partial charge in [-0.25, -0.2) is 4.98 Å². The number of fused-ring (bicyclic) bond motifs is 1. The molecule has 5 heterocycles. The van der Waals surface area contributed by atoms with Gasteiger partial charge in [0, 0.05) is 52.0 Å². The van der Waals surface area contributed by atoms with Gasteiger partial charge in [-0.2, -0.15) is 17.7 Å². The minimum Gasteiger partial charge on any atom is -0.378 e. The van der Waals surface area contributed by atoms with Gasteiger partial charge in [-0.15, -0.1) is 15.3 Å². The number of anilines is 2. The lowest BCUT2D eigenvalue weighted by Gasteiger charge is -2.35. The zero-order chi connectivity index (χ0) is 22.1. The molecule has 2 aliphatic heterocycles. The van der Waals surface area contributed by atoms with E-state index in [2.05, 4.69) is 36.1 Å². The Kier molecular flexibility index (Phi) is 5.55. The van der Waals surface area contributed by atoms with Crippen molar-refractivity contribution in [2.45, 2.75) is 12.7 Å². The molecule has 0 saturated carbocycles. The molecular weight excluding hydrogens is 425 g/mol. The molecule has 32 heavy (non-hydrogen) atoms. The third kappa shape index (κ3) is 4.32. The second kappa shape index (κ2) is 8.51. The first-order valence-corrected chi connectivity index (χ1v) is 10.5. The van der Waals surface area contributed by atoms with Crippen LogP contribution in [0.3, 0.4) is 0 Å². The molecule has 0 aliphatic carbocycles. The number of morpholine rings is 1. The SMILES string of the molecule is FC(F)(F)c1nnc2ccc(N3CCN(Cc4ccc(N5CCOCC5)nc4)CC3)nn12. The maximum Gasteiger partial charge on any atom is 0.453 e. The van der Waals surface area contributed by atoms with Gasteiger partial charge >= 0.3 is 6.18 Å². The van der Waals surface area contributed by atoms with Crippen molar-refractivity contribution in [3.63, 3.8) is 0 Å². The van der Waals surface area contributed by atoms with E-state index in [9.17, 15) is 13.2 Å². The first kappa shape index (κ1) is 20.9. The lowest BCUT2D eigenvalue weighted by Crippen LogP contribution is -2.46. The van der Waals surface area contributed by atoms with Crippen LogP contribution >= 0.6 is 0 Å². The topological polar surface area (TPSA) is 74.9 Å². The fourth-order valence-corrected chi connectivity index (χ4v) is 4.01. The Morgan fingerprint density at radius 3 is 2.25 bits per heavy atom. The van der Waals surface area contributed by atoms with Crippen molar-refractivity contribution in [3.8, 4) is 0 Å². The van der Waals surface area contributed by atoms with E-state index in [1.807, 2.05) is 17.2 Å². The Bertz CT molecular complexity index is 1060. The van der Waals surface area contributed by atoms with E-state index in [0.29, 0.717) is 18.9 Å². The lowest BCUT2D eigenvalue weighted by atomic mass is 10.2. The number of pyridine rings is 1. The third-order valence-corrected chi connectivity index (χ3v) is 5.75. The predicted molar refractivity (Wildman–Crippen MR) is 111 cm³/mol. The fourth-order valence-electron chi connectivity index (χ4n) is 4.01. The number of alkyl halides is 3. The van der Waals surface area contributed by atoms with Crippen molar-refractivity contribution in [2.24, 2.45) is 0 Å². The molecule has 0 spiro atoms. The molecule has 0 aromatic carbocycles. The van der Waals surface area contributed by atoms with Crippen molar-refractivity contribution in [1.82, 2.24) is 29.7 Å². The lowest BCUT2D eigenvalue weighted by molar-refractivity contribution is -0.146. The van der Waals surface area contributed by atoms with Gasteiger partial charge in [0.1, 0.15) is 11.6 Å². The molecule has 0 unspecified atom stereocenters. The second-order valence-corrected chi connectivity index (χ2v) is 7.87. The Labute approximate surface area is 182 Å². The number of halogens is 3. The van der Waals surface area contributed by atoms with E-state index in [1.165, 1.54) is 6.07 Å². The van der Waals surface area contributed by atoms with Crippen LogP contribution in [0.15, 0.2) is 30.5 Å². The quantitative estimate of drug-likeness (QED) is 0.597. The maximum absolute atomic E-state index is 13.1. The van der Waals surface area contributed by atoms with Crippen LogP contribution in [0, 0.1) is 0 Å². The summed E-state index contributed by atoms with van der Waals surface area (Å²) in [6.07, 6.45) is -2.69. The molecule has 0 atom stereocenters. The Morgan fingerprint density at radius 2 is 1.56 bits per heavy atom. The highest BCUT2D eigenvalue weighted by molar-refractivity contribution is 5.46. The molecule has 9 nitrogen and oxygen atoms in total. The van der Waals surface area contributed by atoms with Gasteiger partial charge in [-0.05, 0) is 23.8 Å². The van der Waals surface area contributed by atoms with E-state index in [4.69, 9.17) is 4.74 Å². The van der Waals surface area contributed by atoms with E-state index >= 15 is 0 Å². The van der Waals surface area contributed by atoms with E-state index in [-0.39, 0.29) is 5.65 Å². The Morgan fingerprint density at radius 1 is 0.844 bits per heavy atom. The molecule has 12 heteroatoms. The molecule has 2 fully saturated rings. The van der Waals surface area contributed by atoms with Crippen molar-refractivity contribution in [1.29, 1.82) is 0 Å². The summed E-state index contributed by atoms with van der Waals surface area (Å²) in [5.74, 6) is 0.343. The Hall–Kier alpha value is -2.99. The fraction of sp³-hybridized carbons (Fsp3) is 0.500. The third-order valence-electron chi connectivity index (χ3n) is 5.75. The number of ether oxygens (including phenoxy) is 1. The van der Waals surface area contributed by atoms with Gasteiger partial charge in [-0.3, -0.25) is 4.90 Å². The summed E-state index contributed by atoms with van der Waals surface area (Å²) in [5, 5.41) is 10.9. The summed E-state index contributed by atoms with van der Waals surface area (Å²) in [7, 11) is 0. The molecule has 0 radical (unpaired) electrons. The number of nitrogens with zero attached hydrogens (tertiary/aromatic N) is 8. The second-order valence-electron chi connectivity index (χ2n) is 7.87. The maximum atomic E-state index is 13.1. The zero-order valence-corrected chi connectivity index (χ0v) is 17.4. The van der Waals surface area contributed by atoms with Crippen molar-refractivity contribution >= 4 is 17.3 Å². The average Bonchev–Trinajstić information content (AvgIpc) is 3.25. The van der Waals surface area contributed by atoms with Crippen LogP contribution in [0.25, 0.3) is 5.65 Å². The predicted octanol–water partition coefficient (Wildman–Crippen LogP) is 1.70. The highest BCUT2D eigenvalue weighted by Crippen LogP contribution is 2.28. The van der Waals surface area contributed by atoms with Gasteiger partial charge in [0.2, 0.25) is 0 Å². The summed E-state index contributed by atoms with van der Waals surface area (Å²) >= 11 is 0. The number of aromatic nitrogens is 5. The molecule has 3 aromatic rings. The summed E-state index contributed by atoms with van der Waals surface area (Å²) in [4.78, 5) is 11.1. The number of hydrogen-bond acceptors (Lipinski definition) is 8. The van der Waals surface area contributed by atoms with Crippen molar-refractivity contribution in [3.05, 3.63) is 41.9 Å². The highest BCUT2D eigenvalue weighted by atomic mass is 19.4. The molecule has 0 bridgehead atoms. The van der Waals surface area contributed by atoms with Crippen LogP contribution in [0.2, 0.25) is 0 Å².